The summed E-state index contributed by atoms with van der Waals surface area (Å²) in [6, 6.07) is 6.96. The van der Waals surface area contributed by atoms with Crippen molar-refractivity contribution < 1.29 is 8.42 Å². The van der Waals surface area contributed by atoms with Crippen molar-refractivity contribution in [2.75, 3.05) is 13.1 Å². The molecule has 16 heavy (non-hydrogen) atoms. The molecule has 1 saturated heterocycles. The second-order valence-corrected chi connectivity index (χ2v) is 6.62. The minimum atomic E-state index is -3.35. The van der Waals surface area contributed by atoms with Crippen LogP contribution in [0.3, 0.4) is 0 Å². The molecule has 1 aliphatic rings. The molecule has 3 nitrogen and oxygen atoms in total. The van der Waals surface area contributed by atoms with E-state index < -0.39 is 10.0 Å². The monoisotopic (exact) mass is 259 g/mol. The molecule has 1 heterocycles. The molecule has 0 radical (unpaired) electrons. The second-order valence-electron chi connectivity index (χ2n) is 4.07. The van der Waals surface area contributed by atoms with Crippen LogP contribution in [0.5, 0.6) is 0 Å². The van der Waals surface area contributed by atoms with E-state index in [0.717, 1.165) is 12.0 Å². The molecule has 1 unspecified atom stereocenters. The molecule has 0 saturated carbocycles. The topological polar surface area (TPSA) is 37.4 Å². The van der Waals surface area contributed by atoms with Crippen LogP contribution in [0.2, 0.25) is 0 Å². The molecule has 1 fully saturated rings. The summed E-state index contributed by atoms with van der Waals surface area (Å²) in [5.41, 5.74) is 0.947. The van der Waals surface area contributed by atoms with Gasteiger partial charge in [-0.3, -0.25) is 0 Å². The van der Waals surface area contributed by atoms with E-state index in [0.29, 0.717) is 18.0 Å². The Balaban J connectivity index is 2.32. The molecule has 0 N–H and O–H groups in total. The fourth-order valence-corrected chi connectivity index (χ4v) is 3.78. The Morgan fingerprint density at radius 3 is 2.75 bits per heavy atom. The van der Waals surface area contributed by atoms with Gasteiger partial charge in [-0.25, -0.2) is 8.42 Å². The van der Waals surface area contributed by atoms with E-state index in [4.69, 9.17) is 11.6 Å². The molecule has 1 aromatic rings. The molecular weight excluding hydrogens is 246 g/mol. The number of rotatable bonds is 2. The molecule has 5 heteroatoms. The smallest absolute Gasteiger partial charge is 0.207 e. The van der Waals surface area contributed by atoms with Crippen LogP contribution in [0, 0.1) is 6.92 Å². The van der Waals surface area contributed by atoms with Gasteiger partial charge in [0.1, 0.15) is 0 Å². The van der Waals surface area contributed by atoms with Crippen molar-refractivity contribution in [1.82, 2.24) is 4.31 Å². The van der Waals surface area contributed by atoms with Crippen LogP contribution < -0.4 is 0 Å². The lowest BCUT2D eigenvalue weighted by Crippen LogP contribution is -2.29. The van der Waals surface area contributed by atoms with Crippen LogP contribution >= 0.6 is 11.6 Å². The molecule has 0 spiro atoms. The van der Waals surface area contributed by atoms with Crippen molar-refractivity contribution in [3.63, 3.8) is 0 Å². The van der Waals surface area contributed by atoms with Crippen molar-refractivity contribution in [1.29, 1.82) is 0 Å². The molecule has 1 atom stereocenters. The normalized spacial score (nSPS) is 22.5. The zero-order valence-electron chi connectivity index (χ0n) is 9.06. The summed E-state index contributed by atoms with van der Waals surface area (Å²) in [5, 5.41) is -0.0559. The van der Waals surface area contributed by atoms with E-state index >= 15 is 0 Å². The molecule has 0 amide bonds. The lowest BCUT2D eigenvalue weighted by Gasteiger charge is -2.15. The number of alkyl halides is 1. The van der Waals surface area contributed by atoms with E-state index in [-0.39, 0.29) is 5.38 Å². The van der Waals surface area contributed by atoms with Gasteiger partial charge < -0.3 is 0 Å². The number of sulfonamides is 1. The highest BCUT2D eigenvalue weighted by Gasteiger charge is 2.31. The van der Waals surface area contributed by atoms with E-state index in [1.165, 1.54) is 4.31 Å². The van der Waals surface area contributed by atoms with Crippen molar-refractivity contribution in [2.45, 2.75) is 23.6 Å². The predicted octanol–water partition coefficient (Wildman–Crippen LogP) is 2.00. The fourth-order valence-electron chi connectivity index (χ4n) is 1.83. The number of hydrogen-bond acceptors (Lipinski definition) is 2. The van der Waals surface area contributed by atoms with Gasteiger partial charge in [0.15, 0.2) is 0 Å². The SMILES string of the molecule is Cc1cccc(S(=O)(=O)N2CCC(Cl)C2)c1. The minimum Gasteiger partial charge on any atom is -0.207 e. The van der Waals surface area contributed by atoms with Crippen LogP contribution in [0.15, 0.2) is 29.2 Å². The standard InChI is InChI=1S/C11H14ClNO2S/c1-9-3-2-4-11(7-9)16(14,15)13-6-5-10(12)8-13/h2-4,7,10H,5-6,8H2,1H3. The fraction of sp³-hybridized carbons (Fsp3) is 0.455. The number of halogens is 1. The Kier molecular flexibility index (Phi) is 3.24. The minimum absolute atomic E-state index is 0.0559. The van der Waals surface area contributed by atoms with Crippen LogP contribution in [0.25, 0.3) is 0 Å². The maximum atomic E-state index is 12.2. The summed E-state index contributed by atoms with van der Waals surface area (Å²) in [5.74, 6) is 0. The summed E-state index contributed by atoms with van der Waals surface area (Å²) >= 11 is 5.93. The second kappa shape index (κ2) is 4.35. The summed E-state index contributed by atoms with van der Waals surface area (Å²) < 4.78 is 25.9. The Labute approximate surface area is 101 Å². The Bertz CT molecular complexity index is 487. The van der Waals surface area contributed by atoms with Gasteiger partial charge >= 0.3 is 0 Å². The molecular formula is C11H14ClNO2S. The van der Waals surface area contributed by atoms with Gasteiger partial charge in [-0.2, -0.15) is 4.31 Å². The zero-order chi connectivity index (χ0) is 11.8. The van der Waals surface area contributed by atoms with Gasteiger partial charge in [0, 0.05) is 18.5 Å². The average Bonchev–Trinajstić information content (AvgIpc) is 2.65. The summed E-state index contributed by atoms with van der Waals surface area (Å²) in [6.07, 6.45) is 0.729. The lowest BCUT2D eigenvalue weighted by molar-refractivity contribution is 0.478. The van der Waals surface area contributed by atoms with Gasteiger partial charge in [0.25, 0.3) is 0 Å². The zero-order valence-corrected chi connectivity index (χ0v) is 10.6. The Morgan fingerprint density at radius 2 is 2.19 bits per heavy atom. The van der Waals surface area contributed by atoms with Gasteiger partial charge in [0.05, 0.1) is 4.90 Å². The van der Waals surface area contributed by atoms with Crippen LogP contribution in [-0.4, -0.2) is 31.2 Å². The molecule has 0 aromatic heterocycles. The van der Waals surface area contributed by atoms with E-state index in [1.807, 2.05) is 13.0 Å². The van der Waals surface area contributed by atoms with Crippen molar-refractivity contribution in [2.24, 2.45) is 0 Å². The molecule has 2 rings (SSSR count). The van der Waals surface area contributed by atoms with Crippen LogP contribution in [-0.2, 0) is 10.0 Å². The van der Waals surface area contributed by atoms with E-state index in [2.05, 4.69) is 0 Å². The third-order valence-corrected chi connectivity index (χ3v) is 4.94. The summed E-state index contributed by atoms with van der Waals surface area (Å²) in [7, 11) is -3.35. The van der Waals surface area contributed by atoms with Crippen LogP contribution in [0.1, 0.15) is 12.0 Å². The van der Waals surface area contributed by atoms with Crippen molar-refractivity contribution >= 4 is 21.6 Å². The number of benzene rings is 1. The third-order valence-electron chi connectivity index (χ3n) is 2.72. The highest BCUT2D eigenvalue weighted by molar-refractivity contribution is 7.89. The highest BCUT2D eigenvalue weighted by Crippen LogP contribution is 2.23. The summed E-state index contributed by atoms with van der Waals surface area (Å²) in [6.45, 7) is 2.82. The molecule has 1 aromatic carbocycles. The van der Waals surface area contributed by atoms with E-state index in [9.17, 15) is 8.42 Å². The van der Waals surface area contributed by atoms with Crippen molar-refractivity contribution in [3.05, 3.63) is 29.8 Å². The molecule has 0 aliphatic carbocycles. The van der Waals surface area contributed by atoms with Gasteiger partial charge in [-0.1, -0.05) is 12.1 Å². The Hall–Kier alpha value is -0.580. The Morgan fingerprint density at radius 1 is 1.44 bits per heavy atom. The first kappa shape index (κ1) is 11.9. The first-order valence-corrected chi connectivity index (χ1v) is 7.09. The van der Waals surface area contributed by atoms with Crippen molar-refractivity contribution in [3.8, 4) is 0 Å². The average molecular weight is 260 g/mol. The maximum absolute atomic E-state index is 12.2. The van der Waals surface area contributed by atoms with Gasteiger partial charge in [0.2, 0.25) is 10.0 Å². The lowest BCUT2D eigenvalue weighted by atomic mass is 10.2. The maximum Gasteiger partial charge on any atom is 0.243 e. The molecule has 1 aliphatic heterocycles. The number of hydrogen-bond donors (Lipinski definition) is 0. The first-order valence-electron chi connectivity index (χ1n) is 5.21. The van der Waals surface area contributed by atoms with Crippen LogP contribution in [0.4, 0.5) is 0 Å². The number of aryl methyl sites for hydroxylation is 1. The quantitative estimate of drug-likeness (QED) is 0.762. The predicted molar refractivity (Wildman–Crippen MR) is 64.2 cm³/mol. The van der Waals surface area contributed by atoms with Gasteiger partial charge in [-0.05, 0) is 31.0 Å². The molecule has 88 valence electrons. The largest absolute Gasteiger partial charge is 0.243 e. The summed E-state index contributed by atoms with van der Waals surface area (Å²) in [4.78, 5) is 0.360. The highest BCUT2D eigenvalue weighted by atomic mass is 35.5. The molecule has 0 bridgehead atoms. The van der Waals surface area contributed by atoms with Gasteiger partial charge in [-0.15, -0.1) is 11.6 Å². The first-order chi connectivity index (χ1) is 7.50. The van der Waals surface area contributed by atoms with E-state index in [1.54, 1.807) is 18.2 Å². The third kappa shape index (κ3) is 2.24. The number of nitrogens with zero attached hydrogens (tertiary/aromatic N) is 1.